The van der Waals surface area contributed by atoms with Gasteiger partial charge >= 0.3 is 0 Å². The number of sulfonamides is 1. The minimum absolute atomic E-state index is 0. The maximum Gasteiger partial charge on any atom is 0.265 e. The van der Waals surface area contributed by atoms with Crippen molar-refractivity contribution in [3.05, 3.63) is 16.3 Å². The summed E-state index contributed by atoms with van der Waals surface area (Å²) < 4.78 is 25.6. The largest absolute Gasteiger partial charge is 0.337 e. The molecule has 0 radical (unpaired) electrons. The summed E-state index contributed by atoms with van der Waals surface area (Å²) >= 11 is 1.17. The van der Waals surface area contributed by atoms with Crippen molar-refractivity contribution in [1.82, 2.24) is 9.21 Å². The third-order valence-corrected chi connectivity index (χ3v) is 6.81. The van der Waals surface area contributed by atoms with Gasteiger partial charge in [-0.15, -0.1) is 23.7 Å². The average Bonchev–Trinajstić information content (AvgIpc) is 3.05. The molecule has 1 aromatic rings. The number of amides is 1. The Morgan fingerprint density at radius 1 is 1.50 bits per heavy atom. The Morgan fingerprint density at radius 2 is 2.14 bits per heavy atom. The smallest absolute Gasteiger partial charge is 0.265 e. The van der Waals surface area contributed by atoms with Crippen molar-refractivity contribution >= 4 is 39.7 Å². The molecule has 2 N–H and O–H groups in total. The molecule has 0 saturated carbocycles. The van der Waals surface area contributed by atoms with E-state index in [4.69, 9.17) is 5.73 Å². The summed E-state index contributed by atoms with van der Waals surface area (Å²) in [5, 5.41) is 1.64. The van der Waals surface area contributed by atoms with Crippen molar-refractivity contribution in [2.24, 2.45) is 11.1 Å². The number of rotatable bonds is 4. The number of hydrogen-bond acceptors (Lipinski definition) is 5. The third kappa shape index (κ3) is 3.46. The number of nitrogens with zero attached hydrogens (tertiary/aromatic N) is 2. The Balaban J connectivity index is 0.00000242. The highest BCUT2D eigenvalue weighted by Gasteiger charge is 2.37. The Hall–Kier alpha value is -0.670. The third-order valence-electron chi connectivity index (χ3n) is 3.92. The summed E-state index contributed by atoms with van der Waals surface area (Å²) in [7, 11) is -0.680. The number of halogens is 1. The van der Waals surface area contributed by atoms with Gasteiger partial charge in [-0.3, -0.25) is 4.79 Å². The SMILES string of the molecule is CN(C)S(=O)(=O)c1ccsc1C(=O)N1CCC(C)(CN)C1.Cl. The first-order valence-electron chi connectivity index (χ1n) is 6.71. The van der Waals surface area contributed by atoms with Crippen LogP contribution in [0.2, 0.25) is 0 Å². The molecule has 1 unspecified atom stereocenters. The zero-order valence-corrected chi connectivity index (χ0v) is 15.4. The van der Waals surface area contributed by atoms with E-state index < -0.39 is 10.0 Å². The standard InChI is InChI=1S/C13H21N3O3S2.ClH/c1-13(8-14)5-6-16(9-13)12(17)11-10(4-7-20-11)21(18,19)15(2)3;/h4,7H,5-6,8-9,14H2,1-3H3;1H. The monoisotopic (exact) mass is 367 g/mol. The molecular weight excluding hydrogens is 346 g/mol. The number of hydrogen-bond donors (Lipinski definition) is 1. The van der Waals surface area contributed by atoms with Gasteiger partial charge < -0.3 is 10.6 Å². The highest BCUT2D eigenvalue weighted by atomic mass is 35.5. The fraction of sp³-hybridized carbons (Fsp3) is 0.615. The molecule has 1 amide bonds. The molecule has 0 spiro atoms. The van der Waals surface area contributed by atoms with E-state index in [0.29, 0.717) is 19.6 Å². The predicted molar refractivity (Wildman–Crippen MR) is 90.1 cm³/mol. The number of carbonyl (C=O) groups excluding carboxylic acids is 1. The molecule has 0 aromatic carbocycles. The van der Waals surface area contributed by atoms with E-state index in [1.54, 1.807) is 10.3 Å². The summed E-state index contributed by atoms with van der Waals surface area (Å²) in [5.74, 6) is -0.220. The minimum Gasteiger partial charge on any atom is -0.337 e. The minimum atomic E-state index is -3.60. The van der Waals surface area contributed by atoms with Crippen LogP contribution in [0.5, 0.6) is 0 Å². The Bertz CT molecular complexity index is 645. The van der Waals surface area contributed by atoms with Crippen LogP contribution in [-0.2, 0) is 10.0 Å². The highest BCUT2D eigenvalue weighted by Crippen LogP contribution is 2.32. The second-order valence-electron chi connectivity index (χ2n) is 5.89. The summed E-state index contributed by atoms with van der Waals surface area (Å²) in [6, 6.07) is 1.49. The molecule has 1 aromatic heterocycles. The van der Waals surface area contributed by atoms with Crippen molar-refractivity contribution in [2.45, 2.75) is 18.2 Å². The van der Waals surface area contributed by atoms with Gasteiger partial charge in [0.15, 0.2) is 0 Å². The van der Waals surface area contributed by atoms with Crippen LogP contribution in [0.3, 0.4) is 0 Å². The second kappa shape index (κ2) is 6.84. The predicted octanol–water partition coefficient (Wildman–Crippen LogP) is 1.23. The van der Waals surface area contributed by atoms with Gasteiger partial charge in [0.25, 0.3) is 5.91 Å². The molecule has 1 fully saturated rings. The van der Waals surface area contributed by atoms with Crippen LogP contribution in [0.25, 0.3) is 0 Å². The van der Waals surface area contributed by atoms with Gasteiger partial charge in [-0.2, -0.15) is 0 Å². The van der Waals surface area contributed by atoms with Crippen molar-refractivity contribution in [1.29, 1.82) is 0 Å². The van der Waals surface area contributed by atoms with Crippen LogP contribution in [0, 0.1) is 5.41 Å². The van der Waals surface area contributed by atoms with Crippen molar-refractivity contribution < 1.29 is 13.2 Å². The molecule has 1 atom stereocenters. The summed E-state index contributed by atoms with van der Waals surface area (Å²) in [6.45, 7) is 3.75. The average molecular weight is 368 g/mol. The summed E-state index contributed by atoms with van der Waals surface area (Å²) in [4.78, 5) is 14.7. The quantitative estimate of drug-likeness (QED) is 0.867. The molecule has 0 aliphatic carbocycles. The molecule has 1 aliphatic heterocycles. The van der Waals surface area contributed by atoms with Crippen molar-refractivity contribution in [3.8, 4) is 0 Å². The Labute approximate surface area is 141 Å². The van der Waals surface area contributed by atoms with E-state index in [1.807, 2.05) is 6.92 Å². The first-order chi connectivity index (χ1) is 9.71. The lowest BCUT2D eigenvalue weighted by Gasteiger charge is -2.22. The zero-order chi connectivity index (χ0) is 15.8. The van der Waals surface area contributed by atoms with Gasteiger partial charge in [-0.05, 0) is 29.8 Å². The van der Waals surface area contributed by atoms with E-state index in [9.17, 15) is 13.2 Å². The molecule has 0 bridgehead atoms. The molecular formula is C13H22ClN3O3S2. The van der Waals surface area contributed by atoms with Gasteiger partial charge in [0.1, 0.15) is 9.77 Å². The van der Waals surface area contributed by atoms with Gasteiger partial charge in [0.2, 0.25) is 10.0 Å². The van der Waals surface area contributed by atoms with Crippen LogP contribution in [0.15, 0.2) is 16.3 Å². The molecule has 1 saturated heterocycles. The van der Waals surface area contributed by atoms with E-state index in [-0.39, 0.29) is 33.5 Å². The lowest BCUT2D eigenvalue weighted by Crippen LogP contribution is -2.35. The van der Waals surface area contributed by atoms with E-state index in [0.717, 1.165) is 10.7 Å². The van der Waals surface area contributed by atoms with Crippen molar-refractivity contribution in [3.63, 3.8) is 0 Å². The van der Waals surface area contributed by atoms with Gasteiger partial charge in [-0.1, -0.05) is 6.92 Å². The molecule has 2 heterocycles. The lowest BCUT2D eigenvalue weighted by molar-refractivity contribution is 0.0778. The van der Waals surface area contributed by atoms with Crippen LogP contribution in [0.1, 0.15) is 23.0 Å². The fourth-order valence-electron chi connectivity index (χ4n) is 2.36. The van der Waals surface area contributed by atoms with Crippen LogP contribution >= 0.6 is 23.7 Å². The van der Waals surface area contributed by atoms with E-state index in [1.165, 1.54) is 31.5 Å². The maximum absolute atomic E-state index is 12.6. The molecule has 9 heteroatoms. The first kappa shape index (κ1) is 19.4. The van der Waals surface area contributed by atoms with Gasteiger partial charge in [-0.25, -0.2) is 12.7 Å². The molecule has 1 aliphatic rings. The maximum atomic E-state index is 12.6. The molecule has 2 rings (SSSR count). The van der Waals surface area contributed by atoms with Crippen molar-refractivity contribution in [2.75, 3.05) is 33.7 Å². The number of thiophene rings is 1. The van der Waals surface area contributed by atoms with E-state index in [2.05, 4.69) is 0 Å². The molecule has 126 valence electrons. The molecule has 22 heavy (non-hydrogen) atoms. The lowest BCUT2D eigenvalue weighted by atomic mass is 9.90. The van der Waals surface area contributed by atoms with Crippen LogP contribution in [-0.4, -0.2) is 57.3 Å². The topological polar surface area (TPSA) is 83.7 Å². The summed E-state index contributed by atoms with van der Waals surface area (Å²) in [5.41, 5.74) is 5.67. The van der Waals surface area contributed by atoms with Crippen LogP contribution in [0.4, 0.5) is 0 Å². The van der Waals surface area contributed by atoms with Gasteiger partial charge in [0.05, 0.1) is 0 Å². The molecule has 6 nitrogen and oxygen atoms in total. The zero-order valence-electron chi connectivity index (χ0n) is 12.9. The Morgan fingerprint density at radius 3 is 2.64 bits per heavy atom. The summed E-state index contributed by atoms with van der Waals surface area (Å²) in [6.07, 6.45) is 0.844. The second-order valence-corrected chi connectivity index (χ2v) is 8.93. The van der Waals surface area contributed by atoms with Crippen LogP contribution < -0.4 is 5.73 Å². The first-order valence-corrected chi connectivity index (χ1v) is 9.03. The number of likely N-dealkylation sites (tertiary alicyclic amines) is 1. The number of nitrogens with two attached hydrogens (primary N) is 1. The Kier molecular flexibility index (Phi) is 6.02. The fourth-order valence-corrected chi connectivity index (χ4v) is 4.62. The highest BCUT2D eigenvalue weighted by molar-refractivity contribution is 7.89. The number of carbonyl (C=O) groups is 1. The van der Waals surface area contributed by atoms with Gasteiger partial charge in [0, 0.05) is 27.2 Å². The van der Waals surface area contributed by atoms with E-state index >= 15 is 0 Å². The normalized spacial score (nSPS) is 22.0.